The van der Waals surface area contributed by atoms with Crippen LogP contribution in [-0.4, -0.2) is 39.5 Å². The number of nitrogens with zero attached hydrogens (tertiary/aromatic N) is 2. The molecule has 0 radical (unpaired) electrons. The van der Waals surface area contributed by atoms with Crippen molar-refractivity contribution < 1.29 is 19.2 Å². The van der Waals surface area contributed by atoms with Crippen molar-refractivity contribution >= 4 is 34.4 Å². The molecule has 0 unspecified atom stereocenters. The molecular formula is C37H40N2O4. The van der Waals surface area contributed by atoms with Gasteiger partial charge in [0.1, 0.15) is 0 Å². The van der Waals surface area contributed by atoms with E-state index in [1.54, 1.807) is 36.4 Å². The lowest BCUT2D eigenvalue weighted by molar-refractivity contribution is 0.0526. The van der Waals surface area contributed by atoms with Crippen molar-refractivity contribution in [2.45, 2.75) is 66.3 Å². The quantitative estimate of drug-likeness (QED) is 0.188. The Morgan fingerprint density at radius 2 is 1.19 bits per heavy atom. The van der Waals surface area contributed by atoms with Crippen LogP contribution in [0.1, 0.15) is 102 Å². The fourth-order valence-corrected chi connectivity index (χ4v) is 6.00. The SMILES string of the molecule is C=C/C(=C\C=C(/C)C(=C)/C=C\C(=C)N1C(=O)c2ccc3c4c(ccc(c24)C1=O)C(=O)N(C(CC)CC)C3=O)C(CC)CC. The van der Waals surface area contributed by atoms with Crippen molar-refractivity contribution in [3.05, 3.63) is 119 Å². The highest BCUT2D eigenvalue weighted by molar-refractivity contribution is 6.33. The lowest BCUT2D eigenvalue weighted by Crippen LogP contribution is -2.47. The third kappa shape index (κ3) is 5.38. The van der Waals surface area contributed by atoms with Crippen molar-refractivity contribution in [3.8, 4) is 0 Å². The van der Waals surface area contributed by atoms with E-state index >= 15 is 0 Å². The van der Waals surface area contributed by atoms with Crippen molar-refractivity contribution in [2.75, 3.05) is 0 Å². The Balaban J connectivity index is 1.65. The molecule has 0 aromatic heterocycles. The summed E-state index contributed by atoms with van der Waals surface area (Å²) in [5.41, 5.74) is 4.14. The van der Waals surface area contributed by atoms with Crippen molar-refractivity contribution in [3.63, 3.8) is 0 Å². The number of hydrogen-bond acceptors (Lipinski definition) is 4. The molecule has 6 nitrogen and oxygen atoms in total. The van der Waals surface area contributed by atoms with Crippen LogP contribution < -0.4 is 0 Å². The first-order chi connectivity index (χ1) is 20.6. The molecule has 2 heterocycles. The molecule has 222 valence electrons. The Kier molecular flexibility index (Phi) is 9.29. The van der Waals surface area contributed by atoms with E-state index in [-0.39, 0.29) is 22.9 Å². The summed E-state index contributed by atoms with van der Waals surface area (Å²) in [6, 6.07) is 6.07. The molecule has 0 bridgehead atoms. The Bertz CT molecular complexity index is 1590. The Morgan fingerprint density at radius 3 is 1.60 bits per heavy atom. The van der Waals surface area contributed by atoms with Crippen LogP contribution in [0.4, 0.5) is 0 Å². The van der Waals surface area contributed by atoms with Gasteiger partial charge in [0.25, 0.3) is 23.6 Å². The minimum atomic E-state index is -0.556. The maximum absolute atomic E-state index is 13.7. The van der Waals surface area contributed by atoms with Crippen molar-refractivity contribution in [1.82, 2.24) is 9.80 Å². The summed E-state index contributed by atoms with van der Waals surface area (Å²) in [6.07, 6.45) is 12.6. The summed E-state index contributed by atoms with van der Waals surface area (Å²) in [7, 11) is 0. The van der Waals surface area contributed by atoms with E-state index in [9.17, 15) is 19.2 Å². The zero-order chi connectivity index (χ0) is 31.6. The van der Waals surface area contributed by atoms with Gasteiger partial charge in [-0.15, -0.1) is 0 Å². The summed E-state index contributed by atoms with van der Waals surface area (Å²) >= 11 is 0. The smallest absolute Gasteiger partial charge is 0.265 e. The first-order valence-corrected chi connectivity index (χ1v) is 15.0. The highest BCUT2D eigenvalue weighted by Crippen LogP contribution is 2.39. The monoisotopic (exact) mass is 576 g/mol. The predicted octanol–water partition coefficient (Wildman–Crippen LogP) is 8.34. The van der Waals surface area contributed by atoms with Crippen molar-refractivity contribution in [2.24, 2.45) is 5.92 Å². The van der Waals surface area contributed by atoms with Crippen LogP contribution in [0.5, 0.6) is 0 Å². The maximum atomic E-state index is 13.7. The van der Waals surface area contributed by atoms with Crippen LogP contribution in [0, 0.1) is 5.92 Å². The second kappa shape index (κ2) is 12.7. The molecular weight excluding hydrogens is 536 g/mol. The standard InChI is InChI=1S/C37H40N2O4/c1-9-25(10-2)26(11-3)17-15-23(7)22(6)14-16-24(8)38-34(40)28-18-20-30-33-31(21-19-29(32(28)33)35(38)41)37(43)39(36(30)42)27(12-4)13-5/h11,14-21,25,27H,3,6,8-10,12-13H2,1-2,4-5,7H3/b16-14-,23-15+,26-17+. The highest BCUT2D eigenvalue weighted by Gasteiger charge is 2.41. The molecule has 0 spiro atoms. The number of amides is 4. The predicted molar refractivity (Wildman–Crippen MR) is 173 cm³/mol. The first-order valence-electron chi connectivity index (χ1n) is 15.0. The Hall–Kier alpha value is -4.58. The summed E-state index contributed by atoms with van der Waals surface area (Å²) in [6.45, 7) is 22.2. The fourth-order valence-electron chi connectivity index (χ4n) is 6.00. The van der Waals surface area contributed by atoms with Crippen LogP contribution in [0.25, 0.3) is 10.8 Å². The molecule has 4 amide bonds. The number of benzene rings is 2. The van der Waals surface area contributed by atoms with Crippen LogP contribution in [0.15, 0.2) is 96.8 Å². The lowest BCUT2D eigenvalue weighted by Gasteiger charge is -2.35. The molecule has 43 heavy (non-hydrogen) atoms. The van der Waals surface area contributed by atoms with Gasteiger partial charge >= 0.3 is 0 Å². The van der Waals surface area contributed by atoms with Crippen LogP contribution >= 0.6 is 0 Å². The second-order valence-electron chi connectivity index (χ2n) is 11.1. The molecule has 2 aliphatic heterocycles. The van der Waals surface area contributed by atoms with Gasteiger partial charge in [-0.3, -0.25) is 24.1 Å². The summed E-state index contributed by atoms with van der Waals surface area (Å²) in [5.74, 6) is -1.47. The van der Waals surface area contributed by atoms with E-state index in [4.69, 9.17) is 0 Å². The van der Waals surface area contributed by atoms with E-state index in [0.717, 1.165) is 23.3 Å². The summed E-state index contributed by atoms with van der Waals surface area (Å²) < 4.78 is 0. The van der Waals surface area contributed by atoms with E-state index in [0.29, 0.717) is 46.2 Å². The van der Waals surface area contributed by atoms with Crippen LogP contribution in [-0.2, 0) is 0 Å². The van der Waals surface area contributed by atoms with E-state index in [1.807, 2.05) is 32.9 Å². The molecule has 0 saturated heterocycles. The van der Waals surface area contributed by atoms with Gasteiger partial charge in [0.05, 0.1) is 0 Å². The molecule has 6 heteroatoms. The van der Waals surface area contributed by atoms with Crippen molar-refractivity contribution in [1.29, 1.82) is 0 Å². The largest absolute Gasteiger partial charge is 0.271 e. The number of hydrogen-bond donors (Lipinski definition) is 0. The minimum absolute atomic E-state index is 0.189. The number of carbonyl (C=O) groups is 4. The number of imide groups is 2. The number of allylic oxidation sites excluding steroid dienone is 8. The van der Waals surface area contributed by atoms with Crippen LogP contribution in [0.3, 0.4) is 0 Å². The van der Waals surface area contributed by atoms with Gasteiger partial charge in [0.2, 0.25) is 0 Å². The van der Waals surface area contributed by atoms with Gasteiger partial charge in [0, 0.05) is 44.8 Å². The second-order valence-corrected chi connectivity index (χ2v) is 11.1. The molecule has 0 saturated carbocycles. The third-order valence-electron chi connectivity index (χ3n) is 8.72. The average Bonchev–Trinajstić information content (AvgIpc) is 3.01. The van der Waals surface area contributed by atoms with Gasteiger partial charge in [-0.1, -0.05) is 71.7 Å². The topological polar surface area (TPSA) is 74.8 Å². The minimum Gasteiger partial charge on any atom is -0.271 e. The first kappa shape index (κ1) is 31.4. The molecule has 2 aromatic rings. The molecule has 0 atom stereocenters. The molecule has 2 aromatic carbocycles. The van der Waals surface area contributed by atoms with E-state index in [1.165, 1.54) is 10.5 Å². The Labute approximate surface area is 254 Å². The average molecular weight is 577 g/mol. The highest BCUT2D eigenvalue weighted by atomic mass is 16.2. The van der Waals surface area contributed by atoms with E-state index < -0.39 is 23.6 Å². The van der Waals surface area contributed by atoms with Gasteiger partial charge in [-0.25, -0.2) is 4.90 Å². The zero-order valence-corrected chi connectivity index (χ0v) is 25.8. The normalized spacial score (nSPS) is 15.5. The van der Waals surface area contributed by atoms with Gasteiger partial charge in [-0.05, 0) is 85.6 Å². The van der Waals surface area contributed by atoms with Gasteiger partial charge in [-0.2, -0.15) is 0 Å². The molecule has 4 rings (SSSR count). The van der Waals surface area contributed by atoms with Gasteiger partial charge in [0.15, 0.2) is 0 Å². The fraction of sp³-hybridized carbons (Fsp3) is 0.297. The number of rotatable bonds is 12. The summed E-state index contributed by atoms with van der Waals surface area (Å²) in [4.78, 5) is 56.7. The van der Waals surface area contributed by atoms with E-state index in [2.05, 4.69) is 39.7 Å². The number of carbonyl (C=O) groups excluding carboxylic acids is 4. The Morgan fingerprint density at radius 1 is 0.721 bits per heavy atom. The van der Waals surface area contributed by atoms with Gasteiger partial charge < -0.3 is 0 Å². The molecule has 0 aliphatic carbocycles. The summed E-state index contributed by atoms with van der Waals surface area (Å²) in [5, 5.41) is 0.707. The molecule has 2 aliphatic rings. The van der Waals surface area contributed by atoms with Crippen LogP contribution in [0.2, 0.25) is 0 Å². The maximum Gasteiger partial charge on any atom is 0.265 e. The molecule has 0 fully saturated rings. The lowest BCUT2D eigenvalue weighted by atomic mass is 9.85. The zero-order valence-electron chi connectivity index (χ0n) is 25.8. The molecule has 0 N–H and O–H groups in total. The third-order valence-corrected chi connectivity index (χ3v) is 8.72.